The minimum atomic E-state index is -1.20. The smallest absolute Gasteiger partial charge is 0.328 e. The van der Waals surface area contributed by atoms with Crippen LogP contribution in [0.4, 0.5) is 9.59 Å². The maximum Gasteiger partial charge on any atom is 0.328 e. The molecule has 1 aromatic carbocycles. The van der Waals surface area contributed by atoms with Crippen molar-refractivity contribution in [2.75, 3.05) is 7.11 Å². The number of fused-ring (bicyclic) bond motifs is 4. The third-order valence-corrected chi connectivity index (χ3v) is 7.65. The van der Waals surface area contributed by atoms with E-state index < -0.39 is 71.2 Å². The number of carbonyl (C=O) groups is 6. The van der Waals surface area contributed by atoms with E-state index in [4.69, 9.17) is 16.2 Å². The first-order valence-corrected chi connectivity index (χ1v) is 11.0. The second-order valence-electron chi connectivity index (χ2n) is 9.16. The number of imide groups is 6. The fourth-order valence-corrected chi connectivity index (χ4v) is 6.30. The Morgan fingerprint density at radius 3 is 2.09 bits per heavy atom. The van der Waals surface area contributed by atoms with Gasteiger partial charge in [-0.15, -0.1) is 0 Å². The van der Waals surface area contributed by atoms with Gasteiger partial charge in [-0.1, -0.05) is 17.7 Å². The summed E-state index contributed by atoms with van der Waals surface area (Å²) >= 11 is 0. The lowest BCUT2D eigenvalue weighted by Crippen LogP contribution is -2.44. The van der Waals surface area contributed by atoms with Crippen LogP contribution >= 0.6 is 0 Å². The Balaban J connectivity index is 1.66. The Morgan fingerprint density at radius 1 is 0.914 bits per heavy atom. The SMILES string of the molecule is COc1ccc(C2C3=CCC4C(=O)N(C(N)=O)C(=O)C4C3CC3C(=O)N(C(N)=O)C(=O)C32)cc1O. The average molecular weight is 482 g/mol. The van der Waals surface area contributed by atoms with Crippen LogP contribution in [-0.2, 0) is 19.2 Å². The van der Waals surface area contributed by atoms with Gasteiger partial charge in [0.25, 0.3) is 0 Å². The number of hydrogen-bond donors (Lipinski definition) is 3. The molecular formula is C23H22N4O8. The number of urea groups is 2. The van der Waals surface area contributed by atoms with Gasteiger partial charge < -0.3 is 21.3 Å². The van der Waals surface area contributed by atoms with Crippen LogP contribution in [0.25, 0.3) is 0 Å². The number of ether oxygens (including phenoxy) is 1. The Bertz CT molecular complexity index is 1260. The number of nitrogens with zero attached hydrogens (tertiary/aromatic N) is 2. The Kier molecular flexibility index (Phi) is 4.93. The molecule has 5 rings (SSSR count). The summed E-state index contributed by atoms with van der Waals surface area (Å²) in [6.45, 7) is 0. The van der Waals surface area contributed by atoms with Crippen LogP contribution < -0.4 is 16.2 Å². The predicted octanol–water partition coefficient (Wildman–Crippen LogP) is 0.194. The second-order valence-corrected chi connectivity index (χ2v) is 9.16. The van der Waals surface area contributed by atoms with Crippen molar-refractivity contribution in [1.29, 1.82) is 0 Å². The Hall–Kier alpha value is -4.22. The average Bonchev–Trinajstić information content (AvgIpc) is 3.21. The van der Waals surface area contributed by atoms with E-state index >= 15 is 0 Å². The fourth-order valence-electron chi connectivity index (χ4n) is 6.30. The zero-order valence-corrected chi connectivity index (χ0v) is 18.5. The van der Waals surface area contributed by atoms with Crippen LogP contribution in [0.2, 0.25) is 0 Å². The first kappa shape index (κ1) is 22.6. The lowest BCUT2D eigenvalue weighted by atomic mass is 9.57. The normalized spacial score (nSPS) is 31.6. The summed E-state index contributed by atoms with van der Waals surface area (Å²) in [4.78, 5) is 76.8. The molecule has 35 heavy (non-hydrogen) atoms. The minimum absolute atomic E-state index is 0.0102. The molecule has 8 amide bonds. The van der Waals surface area contributed by atoms with Gasteiger partial charge >= 0.3 is 12.1 Å². The lowest BCUT2D eigenvalue weighted by Gasteiger charge is -2.44. The maximum absolute atomic E-state index is 13.2. The van der Waals surface area contributed by atoms with Crippen molar-refractivity contribution in [3.63, 3.8) is 0 Å². The van der Waals surface area contributed by atoms with Gasteiger partial charge in [0.05, 0.1) is 30.8 Å². The quantitative estimate of drug-likeness (QED) is 0.393. The molecule has 0 aromatic heterocycles. The van der Waals surface area contributed by atoms with Gasteiger partial charge in [-0.3, -0.25) is 19.2 Å². The van der Waals surface area contributed by atoms with Crippen LogP contribution in [0.3, 0.4) is 0 Å². The molecule has 0 bridgehead atoms. The standard InChI is InChI=1S/C23H22N4O8/c1-35-14-5-2-8(6-13(14)28)15-9-3-4-10-16(20(31)26(18(10)29)22(24)33)11(9)7-12-17(15)21(32)27(19(12)30)23(25)34/h2-3,5-6,10-12,15-17,28H,4,7H2,1H3,(H2,24,33)(H2,25,34). The highest BCUT2D eigenvalue weighted by atomic mass is 16.5. The molecule has 3 fully saturated rings. The largest absolute Gasteiger partial charge is 0.504 e. The summed E-state index contributed by atoms with van der Waals surface area (Å²) in [7, 11) is 1.38. The zero-order chi connectivity index (χ0) is 25.3. The molecule has 0 spiro atoms. The number of rotatable bonds is 2. The van der Waals surface area contributed by atoms with Gasteiger partial charge in [0.2, 0.25) is 23.6 Å². The third kappa shape index (κ3) is 2.98. The highest BCUT2D eigenvalue weighted by Crippen LogP contribution is 2.58. The number of primary amides is 2. The molecule has 6 atom stereocenters. The van der Waals surface area contributed by atoms with E-state index in [1.54, 1.807) is 12.1 Å². The molecule has 2 heterocycles. The topological polar surface area (TPSA) is 190 Å². The summed E-state index contributed by atoms with van der Waals surface area (Å²) in [5, 5.41) is 10.4. The number of hydrogen-bond acceptors (Lipinski definition) is 8. The van der Waals surface area contributed by atoms with Crippen molar-refractivity contribution < 1.29 is 38.6 Å². The van der Waals surface area contributed by atoms with Gasteiger partial charge in [-0.2, -0.15) is 9.80 Å². The highest BCUT2D eigenvalue weighted by molar-refractivity contribution is 6.18. The number of aromatic hydroxyl groups is 1. The number of phenolic OH excluding ortho intramolecular Hbond substituents is 1. The van der Waals surface area contributed by atoms with Gasteiger partial charge in [-0.05, 0) is 36.5 Å². The summed E-state index contributed by atoms with van der Waals surface area (Å²) in [5.74, 6) is -8.22. The van der Waals surface area contributed by atoms with Crippen LogP contribution in [0.1, 0.15) is 24.3 Å². The Labute approximate surface area is 198 Å². The highest BCUT2D eigenvalue weighted by Gasteiger charge is 2.63. The number of methoxy groups -OCH3 is 1. The van der Waals surface area contributed by atoms with Crippen molar-refractivity contribution >= 4 is 35.7 Å². The summed E-state index contributed by atoms with van der Waals surface area (Å²) in [6, 6.07) is 2.15. The van der Waals surface area contributed by atoms with Crippen LogP contribution in [0, 0.1) is 29.6 Å². The molecule has 4 aliphatic rings. The van der Waals surface area contributed by atoms with E-state index in [9.17, 15) is 33.9 Å². The first-order valence-electron chi connectivity index (χ1n) is 11.0. The molecule has 1 aromatic rings. The van der Waals surface area contributed by atoms with Crippen molar-refractivity contribution in [2.24, 2.45) is 41.1 Å². The van der Waals surface area contributed by atoms with E-state index in [2.05, 4.69) is 0 Å². The molecule has 5 N–H and O–H groups in total. The number of benzene rings is 1. The molecule has 2 aliphatic carbocycles. The zero-order valence-electron chi connectivity index (χ0n) is 18.5. The number of allylic oxidation sites excluding steroid dienone is 2. The molecule has 182 valence electrons. The van der Waals surface area contributed by atoms with Crippen LogP contribution in [0.15, 0.2) is 29.8 Å². The minimum Gasteiger partial charge on any atom is -0.504 e. The van der Waals surface area contributed by atoms with E-state index in [-0.39, 0.29) is 24.3 Å². The van der Waals surface area contributed by atoms with Gasteiger partial charge in [-0.25, -0.2) is 9.59 Å². The van der Waals surface area contributed by atoms with E-state index in [0.717, 1.165) is 0 Å². The number of amides is 8. The number of carbonyl (C=O) groups excluding carboxylic acids is 6. The number of nitrogens with two attached hydrogens (primary N) is 2. The number of likely N-dealkylation sites (tertiary alicyclic amines) is 2. The first-order chi connectivity index (χ1) is 16.6. The van der Waals surface area contributed by atoms with Gasteiger partial charge in [0.15, 0.2) is 11.5 Å². The summed E-state index contributed by atoms with van der Waals surface area (Å²) in [6.07, 6.45) is 1.88. The fraction of sp³-hybridized carbons (Fsp3) is 0.391. The molecule has 12 nitrogen and oxygen atoms in total. The molecule has 2 aliphatic heterocycles. The van der Waals surface area contributed by atoms with Crippen LogP contribution in [0.5, 0.6) is 11.5 Å². The van der Waals surface area contributed by atoms with Gasteiger partial charge in [0.1, 0.15) is 0 Å². The molecule has 12 heteroatoms. The van der Waals surface area contributed by atoms with Crippen molar-refractivity contribution in [1.82, 2.24) is 9.80 Å². The summed E-state index contributed by atoms with van der Waals surface area (Å²) < 4.78 is 5.10. The molecule has 6 unspecified atom stereocenters. The third-order valence-electron chi connectivity index (χ3n) is 7.65. The molecule has 2 saturated heterocycles. The predicted molar refractivity (Wildman–Crippen MR) is 115 cm³/mol. The van der Waals surface area contributed by atoms with Crippen LogP contribution in [-0.4, -0.2) is 57.7 Å². The van der Waals surface area contributed by atoms with E-state index in [1.807, 2.05) is 0 Å². The maximum atomic E-state index is 13.2. The number of phenols is 1. The lowest BCUT2D eigenvalue weighted by molar-refractivity contribution is -0.138. The van der Waals surface area contributed by atoms with Crippen molar-refractivity contribution in [2.45, 2.75) is 18.8 Å². The summed E-state index contributed by atoms with van der Waals surface area (Å²) in [5.41, 5.74) is 11.7. The van der Waals surface area contributed by atoms with Crippen molar-refractivity contribution in [3.05, 3.63) is 35.4 Å². The molecule has 1 saturated carbocycles. The monoisotopic (exact) mass is 482 g/mol. The van der Waals surface area contributed by atoms with Gasteiger partial charge in [0, 0.05) is 5.92 Å². The van der Waals surface area contributed by atoms with Crippen molar-refractivity contribution in [3.8, 4) is 11.5 Å². The van der Waals surface area contributed by atoms with E-state index in [1.165, 1.54) is 19.2 Å². The molecule has 0 radical (unpaired) electrons. The molecular weight excluding hydrogens is 460 g/mol. The second kappa shape index (κ2) is 7.65. The van der Waals surface area contributed by atoms with E-state index in [0.29, 0.717) is 20.9 Å². The Morgan fingerprint density at radius 2 is 1.51 bits per heavy atom.